The molecule has 1 aromatic heterocycles. The van der Waals surface area contributed by atoms with Gasteiger partial charge < -0.3 is 5.11 Å². The molecule has 0 saturated heterocycles. The molecule has 0 saturated carbocycles. The van der Waals surface area contributed by atoms with Gasteiger partial charge in [-0.3, -0.25) is 8.89 Å². The minimum absolute atomic E-state index is 0.102. The molecular weight excluding hydrogens is 290 g/mol. The van der Waals surface area contributed by atoms with Crippen molar-refractivity contribution in [2.75, 3.05) is 5.75 Å². The van der Waals surface area contributed by atoms with Crippen LogP contribution in [-0.2, 0) is 23.1 Å². The summed E-state index contributed by atoms with van der Waals surface area (Å²) in [7, 11) is -1.03. The Morgan fingerprint density at radius 1 is 1.29 bits per heavy atom. The van der Waals surface area contributed by atoms with Crippen molar-refractivity contribution in [3.8, 4) is 0 Å². The molecule has 0 spiro atoms. The van der Waals surface area contributed by atoms with Crippen molar-refractivity contribution in [2.24, 2.45) is 0 Å². The Hall–Kier alpha value is -2.02. The highest BCUT2D eigenvalue weighted by Gasteiger charge is 2.09. The number of carbonyl (C=O) groups is 1. The Labute approximate surface area is 125 Å². The zero-order chi connectivity index (χ0) is 15.4. The van der Waals surface area contributed by atoms with Crippen LogP contribution in [0.15, 0.2) is 24.4 Å². The molecule has 1 N–H and O–H groups in total. The second-order valence-electron chi connectivity index (χ2n) is 4.96. The standard InChI is InChI=1S/C14H17N3O3S/c1-10-5-11(2)7-12(6-10)9-21(20)4-3-17-8-13(14(18)19)15-16-17/h5-8H,3-4,9H2,1-2H3,(H,18,19). The minimum Gasteiger partial charge on any atom is -0.476 e. The quantitative estimate of drug-likeness (QED) is 0.875. The summed E-state index contributed by atoms with van der Waals surface area (Å²) in [5, 5.41) is 16.0. The van der Waals surface area contributed by atoms with Crippen molar-refractivity contribution < 1.29 is 14.1 Å². The number of hydrogen-bond donors (Lipinski definition) is 1. The van der Waals surface area contributed by atoms with E-state index in [0.717, 1.165) is 16.7 Å². The molecule has 0 aliphatic heterocycles. The van der Waals surface area contributed by atoms with Gasteiger partial charge in [0, 0.05) is 22.3 Å². The van der Waals surface area contributed by atoms with Gasteiger partial charge in [-0.2, -0.15) is 0 Å². The van der Waals surface area contributed by atoms with Gasteiger partial charge in [-0.15, -0.1) is 5.10 Å². The van der Waals surface area contributed by atoms with E-state index < -0.39 is 16.8 Å². The Morgan fingerprint density at radius 2 is 1.95 bits per heavy atom. The molecule has 1 unspecified atom stereocenters. The lowest BCUT2D eigenvalue weighted by atomic mass is 10.1. The predicted molar refractivity (Wildman–Crippen MR) is 79.6 cm³/mol. The van der Waals surface area contributed by atoms with E-state index in [4.69, 9.17) is 5.11 Å². The zero-order valence-corrected chi connectivity index (χ0v) is 12.8. The van der Waals surface area contributed by atoms with Crippen LogP contribution in [-0.4, -0.2) is 36.0 Å². The van der Waals surface area contributed by atoms with Gasteiger partial charge in [-0.25, -0.2) is 4.79 Å². The highest BCUT2D eigenvalue weighted by molar-refractivity contribution is 7.84. The summed E-state index contributed by atoms with van der Waals surface area (Å²) >= 11 is 0. The van der Waals surface area contributed by atoms with Crippen LogP contribution in [0.1, 0.15) is 27.2 Å². The molecule has 0 bridgehead atoms. The Balaban J connectivity index is 1.90. The largest absolute Gasteiger partial charge is 0.476 e. The summed E-state index contributed by atoms with van der Waals surface area (Å²) in [6.07, 6.45) is 1.34. The molecular formula is C14H17N3O3S. The summed E-state index contributed by atoms with van der Waals surface area (Å²) in [4.78, 5) is 10.7. The molecule has 21 heavy (non-hydrogen) atoms. The van der Waals surface area contributed by atoms with Crippen molar-refractivity contribution in [1.29, 1.82) is 0 Å². The van der Waals surface area contributed by atoms with Gasteiger partial charge in [-0.1, -0.05) is 34.5 Å². The third-order valence-electron chi connectivity index (χ3n) is 2.91. The van der Waals surface area contributed by atoms with Crippen LogP contribution in [0.25, 0.3) is 0 Å². The molecule has 1 heterocycles. The summed E-state index contributed by atoms with van der Waals surface area (Å²) < 4.78 is 13.5. The summed E-state index contributed by atoms with van der Waals surface area (Å²) in [5.41, 5.74) is 3.26. The molecule has 0 fully saturated rings. The van der Waals surface area contributed by atoms with E-state index in [0.29, 0.717) is 18.1 Å². The SMILES string of the molecule is Cc1cc(C)cc(CS(=O)CCn2cc(C(=O)O)nn2)c1. The van der Waals surface area contributed by atoms with Crippen molar-refractivity contribution in [3.63, 3.8) is 0 Å². The normalized spacial score (nSPS) is 12.3. The van der Waals surface area contributed by atoms with Crippen LogP contribution in [0.4, 0.5) is 0 Å². The van der Waals surface area contributed by atoms with E-state index in [1.54, 1.807) is 0 Å². The minimum atomic E-state index is -1.11. The molecule has 6 nitrogen and oxygen atoms in total. The van der Waals surface area contributed by atoms with Crippen molar-refractivity contribution in [2.45, 2.75) is 26.1 Å². The number of hydrogen-bond acceptors (Lipinski definition) is 4. The van der Waals surface area contributed by atoms with E-state index in [9.17, 15) is 9.00 Å². The molecule has 0 amide bonds. The second kappa shape index (κ2) is 6.62. The smallest absolute Gasteiger partial charge is 0.358 e. The first-order chi connectivity index (χ1) is 9.94. The van der Waals surface area contributed by atoms with Crippen LogP contribution < -0.4 is 0 Å². The molecule has 7 heteroatoms. The number of aromatic nitrogens is 3. The highest BCUT2D eigenvalue weighted by atomic mass is 32.2. The van der Waals surface area contributed by atoms with Crippen molar-refractivity contribution in [1.82, 2.24) is 15.0 Å². The summed E-state index contributed by atoms with van der Waals surface area (Å²) in [6.45, 7) is 4.42. The molecule has 1 atom stereocenters. The maximum atomic E-state index is 12.1. The van der Waals surface area contributed by atoms with Crippen LogP contribution in [0, 0.1) is 13.8 Å². The van der Waals surface area contributed by atoms with Gasteiger partial charge in [-0.05, 0) is 19.4 Å². The van der Waals surface area contributed by atoms with Crippen molar-refractivity contribution in [3.05, 3.63) is 46.8 Å². The van der Waals surface area contributed by atoms with Gasteiger partial charge >= 0.3 is 5.97 Å². The molecule has 1 aromatic carbocycles. The fraction of sp³-hybridized carbons (Fsp3) is 0.357. The molecule has 112 valence electrons. The van der Waals surface area contributed by atoms with Gasteiger partial charge in [0.25, 0.3) is 0 Å². The molecule has 2 aromatic rings. The Morgan fingerprint density at radius 3 is 2.52 bits per heavy atom. The van der Waals surface area contributed by atoms with Crippen molar-refractivity contribution >= 4 is 16.8 Å². The third-order valence-corrected chi connectivity index (χ3v) is 4.21. The molecule has 0 aliphatic rings. The highest BCUT2D eigenvalue weighted by Crippen LogP contribution is 2.11. The van der Waals surface area contributed by atoms with E-state index >= 15 is 0 Å². The molecule has 0 aliphatic carbocycles. The summed E-state index contributed by atoms with van der Waals surface area (Å²) in [5.74, 6) is -0.212. The molecule has 0 radical (unpaired) electrons. The number of aryl methyl sites for hydroxylation is 3. The monoisotopic (exact) mass is 307 g/mol. The topological polar surface area (TPSA) is 85.1 Å². The maximum absolute atomic E-state index is 12.1. The average molecular weight is 307 g/mol. The van der Waals surface area contributed by atoms with E-state index in [-0.39, 0.29) is 5.69 Å². The number of benzene rings is 1. The van der Waals surface area contributed by atoms with Crippen LogP contribution >= 0.6 is 0 Å². The van der Waals surface area contributed by atoms with E-state index in [2.05, 4.69) is 16.4 Å². The first kappa shape index (κ1) is 15.4. The Bertz CT molecular complexity index is 662. The van der Waals surface area contributed by atoms with Gasteiger partial charge in [0.1, 0.15) is 0 Å². The lowest BCUT2D eigenvalue weighted by molar-refractivity contribution is 0.0690. The van der Waals surface area contributed by atoms with Crippen LogP contribution in [0.5, 0.6) is 0 Å². The molecule has 2 rings (SSSR count). The van der Waals surface area contributed by atoms with Crippen LogP contribution in [0.2, 0.25) is 0 Å². The van der Waals surface area contributed by atoms with Gasteiger partial charge in [0.15, 0.2) is 5.69 Å². The van der Waals surface area contributed by atoms with E-state index in [1.807, 2.05) is 26.0 Å². The number of carboxylic acid groups (broad SMARTS) is 1. The predicted octanol–water partition coefficient (Wildman–Crippen LogP) is 1.54. The number of aromatic carboxylic acids is 1. The fourth-order valence-electron chi connectivity index (χ4n) is 2.11. The summed E-state index contributed by atoms with van der Waals surface area (Å²) in [6, 6.07) is 6.14. The number of rotatable bonds is 6. The number of carboxylic acids is 1. The number of nitrogens with zero attached hydrogens (tertiary/aromatic N) is 3. The van der Waals surface area contributed by atoms with Gasteiger partial charge in [0.2, 0.25) is 0 Å². The van der Waals surface area contributed by atoms with E-state index in [1.165, 1.54) is 10.9 Å². The first-order valence-corrected chi connectivity index (χ1v) is 7.98. The lowest BCUT2D eigenvalue weighted by Gasteiger charge is -2.05. The Kier molecular flexibility index (Phi) is 4.85. The fourth-order valence-corrected chi connectivity index (χ4v) is 3.18. The van der Waals surface area contributed by atoms with Crippen LogP contribution in [0.3, 0.4) is 0 Å². The lowest BCUT2D eigenvalue weighted by Crippen LogP contribution is -2.10. The average Bonchev–Trinajstić information content (AvgIpc) is 2.84. The second-order valence-corrected chi connectivity index (χ2v) is 6.53. The zero-order valence-electron chi connectivity index (χ0n) is 11.9. The maximum Gasteiger partial charge on any atom is 0.358 e. The first-order valence-electron chi connectivity index (χ1n) is 6.49. The third kappa shape index (κ3) is 4.49. The van der Waals surface area contributed by atoms with Gasteiger partial charge in [0.05, 0.1) is 12.7 Å².